The van der Waals surface area contributed by atoms with E-state index >= 15 is 0 Å². The van der Waals surface area contributed by atoms with Gasteiger partial charge in [0, 0.05) is 9.26 Å². The van der Waals surface area contributed by atoms with Crippen LogP contribution >= 0.6 is 34.8 Å². The highest BCUT2D eigenvalue weighted by atomic mass is 127. The number of hydrogen-bond donors (Lipinski definition) is 3. The van der Waals surface area contributed by atoms with Crippen LogP contribution in [0.3, 0.4) is 0 Å². The highest BCUT2D eigenvalue weighted by molar-refractivity contribution is 14.1. The Kier molecular flexibility index (Phi) is 3.89. The third-order valence-corrected chi connectivity index (χ3v) is 2.46. The molecule has 70 valence electrons. The van der Waals surface area contributed by atoms with Crippen molar-refractivity contribution in [2.24, 2.45) is 5.84 Å². The molecule has 0 saturated heterocycles. The maximum atomic E-state index is 5.14. The molecule has 0 unspecified atom stereocenters. The van der Waals surface area contributed by atoms with E-state index in [2.05, 4.69) is 39.4 Å². The van der Waals surface area contributed by atoms with Gasteiger partial charge in [-0.25, -0.2) is 5.84 Å². The molecule has 0 bridgehead atoms. The number of benzene rings is 1. The molecule has 4 N–H and O–H groups in total. The van der Waals surface area contributed by atoms with E-state index in [9.17, 15) is 0 Å². The zero-order valence-electron chi connectivity index (χ0n) is 7.10. The van der Waals surface area contributed by atoms with Crippen LogP contribution in [0, 0.1) is 10.5 Å². The predicted molar refractivity (Wildman–Crippen MR) is 67.4 cm³/mol. The van der Waals surface area contributed by atoms with Crippen molar-refractivity contribution in [3.05, 3.63) is 27.3 Å². The number of hydrogen-bond acceptors (Lipinski definition) is 2. The van der Waals surface area contributed by atoms with Crippen molar-refractivity contribution in [2.45, 2.75) is 6.92 Å². The van der Waals surface area contributed by atoms with Gasteiger partial charge in [0.15, 0.2) is 5.11 Å². The van der Waals surface area contributed by atoms with E-state index in [1.165, 1.54) is 3.57 Å². The summed E-state index contributed by atoms with van der Waals surface area (Å²) in [6.07, 6.45) is 0. The van der Waals surface area contributed by atoms with Gasteiger partial charge in [-0.1, -0.05) is 0 Å². The Labute approximate surface area is 96.2 Å². The fourth-order valence-electron chi connectivity index (χ4n) is 0.926. The van der Waals surface area contributed by atoms with Crippen LogP contribution in [0.4, 0.5) is 5.69 Å². The normalized spacial score (nSPS) is 9.46. The van der Waals surface area contributed by atoms with Crippen molar-refractivity contribution in [1.82, 2.24) is 5.43 Å². The van der Waals surface area contributed by atoms with Gasteiger partial charge in [-0.05, 0) is 65.5 Å². The van der Waals surface area contributed by atoms with E-state index in [0.717, 1.165) is 11.3 Å². The number of rotatable bonds is 1. The molecular formula is C8H10IN3S. The molecule has 1 aromatic rings. The lowest BCUT2D eigenvalue weighted by Crippen LogP contribution is -2.34. The summed E-state index contributed by atoms with van der Waals surface area (Å²) >= 11 is 7.14. The van der Waals surface area contributed by atoms with Gasteiger partial charge in [-0.2, -0.15) is 0 Å². The number of aryl methyl sites for hydroxylation is 1. The third-order valence-electron chi connectivity index (χ3n) is 1.57. The number of anilines is 1. The van der Waals surface area contributed by atoms with E-state index in [0.29, 0.717) is 5.11 Å². The minimum Gasteiger partial charge on any atom is -0.331 e. The van der Waals surface area contributed by atoms with Crippen LogP contribution in [0.2, 0.25) is 0 Å². The number of halogens is 1. The Hall–Kier alpha value is -0.400. The van der Waals surface area contributed by atoms with Gasteiger partial charge in [0.1, 0.15) is 0 Å². The summed E-state index contributed by atoms with van der Waals surface area (Å²) in [5, 5.41) is 3.40. The largest absolute Gasteiger partial charge is 0.331 e. The van der Waals surface area contributed by atoms with Gasteiger partial charge in [-0.3, -0.25) is 0 Å². The lowest BCUT2D eigenvalue weighted by Gasteiger charge is -2.09. The molecule has 1 aromatic carbocycles. The second kappa shape index (κ2) is 4.73. The summed E-state index contributed by atoms with van der Waals surface area (Å²) < 4.78 is 1.20. The van der Waals surface area contributed by atoms with E-state index in [4.69, 9.17) is 18.1 Å². The number of nitrogens with one attached hydrogen (secondary N) is 2. The highest BCUT2D eigenvalue weighted by Crippen LogP contribution is 2.17. The van der Waals surface area contributed by atoms with Crippen molar-refractivity contribution in [1.29, 1.82) is 0 Å². The lowest BCUT2D eigenvalue weighted by atomic mass is 10.2. The zero-order chi connectivity index (χ0) is 9.84. The Balaban J connectivity index is 2.83. The first-order chi connectivity index (χ1) is 6.13. The van der Waals surface area contributed by atoms with Crippen LogP contribution in [-0.4, -0.2) is 5.11 Å². The fourth-order valence-corrected chi connectivity index (χ4v) is 1.68. The molecule has 0 saturated carbocycles. The first-order valence-corrected chi connectivity index (χ1v) is 5.16. The van der Waals surface area contributed by atoms with Crippen molar-refractivity contribution in [3.8, 4) is 0 Å². The minimum absolute atomic E-state index is 0.421. The van der Waals surface area contributed by atoms with E-state index in [1.807, 2.05) is 19.1 Å². The molecule has 0 fully saturated rings. The monoisotopic (exact) mass is 307 g/mol. The van der Waals surface area contributed by atoms with Crippen molar-refractivity contribution >= 4 is 45.6 Å². The lowest BCUT2D eigenvalue weighted by molar-refractivity contribution is 1.04. The molecule has 5 heteroatoms. The van der Waals surface area contributed by atoms with E-state index in [1.54, 1.807) is 0 Å². The molecule has 0 atom stereocenters. The summed E-state index contributed by atoms with van der Waals surface area (Å²) in [6, 6.07) is 6.05. The number of thiocarbonyl (C=S) groups is 1. The van der Waals surface area contributed by atoms with Gasteiger partial charge >= 0.3 is 0 Å². The van der Waals surface area contributed by atoms with Crippen LogP contribution in [0.1, 0.15) is 5.56 Å². The van der Waals surface area contributed by atoms with E-state index < -0.39 is 0 Å². The SMILES string of the molecule is Cc1cc(I)ccc1NC(=S)NN. The van der Waals surface area contributed by atoms with Crippen LogP contribution in [0.15, 0.2) is 18.2 Å². The number of hydrazine groups is 1. The molecular weight excluding hydrogens is 297 g/mol. The maximum absolute atomic E-state index is 5.14. The molecule has 1 rings (SSSR count). The van der Waals surface area contributed by atoms with Crippen LogP contribution in [0.5, 0.6) is 0 Å². The second-order valence-corrected chi connectivity index (χ2v) is 4.21. The molecule has 0 aliphatic heterocycles. The molecule has 3 nitrogen and oxygen atoms in total. The smallest absolute Gasteiger partial charge is 0.185 e. The van der Waals surface area contributed by atoms with E-state index in [-0.39, 0.29) is 0 Å². The van der Waals surface area contributed by atoms with Crippen LogP contribution in [0.25, 0.3) is 0 Å². The Bertz CT molecular complexity index is 327. The molecule has 13 heavy (non-hydrogen) atoms. The maximum Gasteiger partial charge on any atom is 0.185 e. The molecule has 0 aliphatic rings. The summed E-state index contributed by atoms with van der Waals surface area (Å²) in [7, 11) is 0. The molecule has 0 aromatic heterocycles. The topological polar surface area (TPSA) is 50.1 Å². The Morgan fingerprint density at radius 3 is 2.77 bits per heavy atom. The van der Waals surface area contributed by atoms with Gasteiger partial charge in [0.05, 0.1) is 0 Å². The number of nitrogens with two attached hydrogens (primary N) is 1. The molecule has 0 aliphatic carbocycles. The Morgan fingerprint density at radius 1 is 1.54 bits per heavy atom. The standard InChI is InChI=1S/C8H10IN3S/c1-5-4-6(9)2-3-7(5)11-8(13)12-10/h2-4H,10H2,1H3,(H2,11,12,13). The summed E-state index contributed by atoms with van der Waals surface area (Å²) in [4.78, 5) is 0. The minimum atomic E-state index is 0.421. The quantitative estimate of drug-likeness (QED) is 0.320. The van der Waals surface area contributed by atoms with Gasteiger partial charge in [0.25, 0.3) is 0 Å². The molecule has 0 spiro atoms. The first kappa shape index (κ1) is 10.7. The van der Waals surface area contributed by atoms with Gasteiger partial charge in [-0.15, -0.1) is 0 Å². The zero-order valence-corrected chi connectivity index (χ0v) is 10.1. The van der Waals surface area contributed by atoms with Crippen molar-refractivity contribution in [3.63, 3.8) is 0 Å². The average molecular weight is 307 g/mol. The molecule has 0 amide bonds. The highest BCUT2D eigenvalue weighted by Gasteiger charge is 1.99. The molecule has 0 radical (unpaired) electrons. The summed E-state index contributed by atoms with van der Waals surface area (Å²) in [5.74, 6) is 5.14. The third kappa shape index (κ3) is 3.09. The van der Waals surface area contributed by atoms with Gasteiger partial charge < -0.3 is 10.7 Å². The predicted octanol–water partition coefficient (Wildman–Crippen LogP) is 1.76. The summed E-state index contributed by atoms with van der Waals surface area (Å²) in [5.41, 5.74) is 4.49. The second-order valence-electron chi connectivity index (χ2n) is 2.56. The van der Waals surface area contributed by atoms with Gasteiger partial charge in [0.2, 0.25) is 0 Å². The fraction of sp³-hybridized carbons (Fsp3) is 0.125. The molecule has 0 heterocycles. The average Bonchev–Trinajstić information content (AvgIpc) is 2.09. The first-order valence-electron chi connectivity index (χ1n) is 3.67. The Morgan fingerprint density at radius 2 is 2.23 bits per heavy atom. The van der Waals surface area contributed by atoms with Crippen molar-refractivity contribution < 1.29 is 0 Å². The summed E-state index contributed by atoms with van der Waals surface area (Å²) in [6.45, 7) is 2.02. The van der Waals surface area contributed by atoms with Crippen LogP contribution in [-0.2, 0) is 0 Å². The van der Waals surface area contributed by atoms with Crippen LogP contribution < -0.4 is 16.6 Å². The van der Waals surface area contributed by atoms with Crippen molar-refractivity contribution in [2.75, 3.05) is 5.32 Å².